The lowest BCUT2D eigenvalue weighted by Gasteiger charge is -2.25. The molecule has 0 spiro atoms. The van der Waals surface area contributed by atoms with Gasteiger partial charge in [0.2, 0.25) is 0 Å². The fourth-order valence-electron chi connectivity index (χ4n) is 3.65. The van der Waals surface area contributed by atoms with E-state index in [0.717, 1.165) is 11.0 Å². The molecule has 1 saturated heterocycles. The zero-order valence-electron chi connectivity index (χ0n) is 16.7. The summed E-state index contributed by atoms with van der Waals surface area (Å²) in [6.07, 6.45) is 0. The Bertz CT molecular complexity index is 1270. The zero-order valence-corrected chi connectivity index (χ0v) is 18.2. The number of halogens is 3. The van der Waals surface area contributed by atoms with Crippen molar-refractivity contribution in [1.82, 2.24) is 0 Å². The minimum absolute atomic E-state index is 0.160. The van der Waals surface area contributed by atoms with Gasteiger partial charge in [0.1, 0.15) is 17.3 Å². The van der Waals surface area contributed by atoms with E-state index in [4.69, 9.17) is 27.9 Å². The van der Waals surface area contributed by atoms with E-state index in [9.17, 15) is 19.1 Å². The summed E-state index contributed by atoms with van der Waals surface area (Å²) in [5.41, 5.74) is 0.706. The quantitative estimate of drug-likeness (QED) is 0.298. The normalized spacial score (nSPS) is 17.6. The Kier molecular flexibility index (Phi) is 5.91. The van der Waals surface area contributed by atoms with Crippen molar-refractivity contribution in [3.05, 3.63) is 99.3 Å². The summed E-state index contributed by atoms with van der Waals surface area (Å²) < 4.78 is 19.1. The van der Waals surface area contributed by atoms with E-state index in [1.165, 1.54) is 43.5 Å². The number of ether oxygens (including phenoxy) is 1. The van der Waals surface area contributed by atoms with Crippen LogP contribution in [0.3, 0.4) is 0 Å². The molecule has 4 rings (SSSR count). The highest BCUT2D eigenvalue weighted by atomic mass is 35.5. The average molecular weight is 472 g/mol. The molecular formula is C24H16Cl2FNO4. The fraction of sp³-hybridized carbons (Fsp3) is 0.0833. The van der Waals surface area contributed by atoms with Crippen LogP contribution in [0, 0.1) is 5.82 Å². The number of aliphatic hydroxyl groups excluding tert-OH is 1. The third-order valence-electron chi connectivity index (χ3n) is 5.13. The molecule has 1 fully saturated rings. The first kappa shape index (κ1) is 21.9. The average Bonchev–Trinajstić information content (AvgIpc) is 3.05. The Hall–Kier alpha value is -3.35. The number of ketones is 1. The van der Waals surface area contributed by atoms with Crippen LogP contribution in [-0.4, -0.2) is 23.9 Å². The fourth-order valence-corrected chi connectivity index (χ4v) is 3.96. The molecule has 1 aliphatic heterocycles. The largest absolute Gasteiger partial charge is 0.507 e. The topological polar surface area (TPSA) is 66.8 Å². The maximum Gasteiger partial charge on any atom is 0.300 e. The molecule has 1 aliphatic rings. The molecule has 0 aliphatic carbocycles. The highest BCUT2D eigenvalue weighted by Gasteiger charge is 2.47. The van der Waals surface area contributed by atoms with Crippen molar-refractivity contribution < 1.29 is 23.8 Å². The maximum atomic E-state index is 14.0. The van der Waals surface area contributed by atoms with Crippen LogP contribution < -0.4 is 9.64 Å². The van der Waals surface area contributed by atoms with Gasteiger partial charge in [-0.1, -0.05) is 47.5 Å². The van der Waals surface area contributed by atoms with E-state index in [1.54, 1.807) is 24.3 Å². The molecule has 1 N–H and O–H groups in total. The predicted molar refractivity (Wildman–Crippen MR) is 121 cm³/mol. The van der Waals surface area contributed by atoms with Crippen molar-refractivity contribution in [3.8, 4) is 5.75 Å². The number of carbonyl (C=O) groups is 2. The van der Waals surface area contributed by atoms with Gasteiger partial charge in [0.05, 0.1) is 28.8 Å². The summed E-state index contributed by atoms with van der Waals surface area (Å²) in [5.74, 6) is -2.33. The second-order valence-corrected chi connectivity index (χ2v) is 7.87. The van der Waals surface area contributed by atoms with E-state index in [1.807, 2.05) is 0 Å². The van der Waals surface area contributed by atoms with Gasteiger partial charge in [-0.25, -0.2) is 4.39 Å². The number of amides is 1. The lowest BCUT2D eigenvalue weighted by Crippen LogP contribution is -2.29. The van der Waals surface area contributed by atoms with Gasteiger partial charge >= 0.3 is 0 Å². The van der Waals surface area contributed by atoms with Gasteiger partial charge in [-0.05, 0) is 48.0 Å². The molecule has 1 amide bonds. The molecule has 5 nitrogen and oxygen atoms in total. The number of aliphatic hydroxyl groups is 1. The van der Waals surface area contributed by atoms with Crippen LogP contribution in [0.1, 0.15) is 17.2 Å². The summed E-state index contributed by atoms with van der Waals surface area (Å²) in [7, 11) is 1.47. The van der Waals surface area contributed by atoms with Crippen LogP contribution in [0.4, 0.5) is 10.1 Å². The van der Waals surface area contributed by atoms with E-state index in [-0.39, 0.29) is 26.9 Å². The summed E-state index contributed by atoms with van der Waals surface area (Å²) in [5, 5.41) is 11.6. The lowest BCUT2D eigenvalue weighted by molar-refractivity contribution is -0.132. The van der Waals surface area contributed by atoms with Gasteiger partial charge in [0.15, 0.2) is 0 Å². The van der Waals surface area contributed by atoms with Crippen molar-refractivity contribution in [2.75, 3.05) is 12.0 Å². The summed E-state index contributed by atoms with van der Waals surface area (Å²) in [4.78, 5) is 27.3. The molecule has 1 unspecified atom stereocenters. The molecule has 3 aromatic carbocycles. The first-order valence-electron chi connectivity index (χ1n) is 9.47. The number of nitrogens with zero attached hydrogens (tertiary/aromatic N) is 1. The van der Waals surface area contributed by atoms with Gasteiger partial charge < -0.3 is 9.84 Å². The summed E-state index contributed by atoms with van der Waals surface area (Å²) >= 11 is 12.2. The van der Waals surface area contributed by atoms with Crippen LogP contribution in [0.2, 0.25) is 10.0 Å². The van der Waals surface area contributed by atoms with Crippen LogP contribution in [0.15, 0.2) is 72.3 Å². The summed E-state index contributed by atoms with van der Waals surface area (Å²) in [6, 6.07) is 15.3. The van der Waals surface area contributed by atoms with Gasteiger partial charge in [-0.2, -0.15) is 0 Å². The molecule has 8 heteroatoms. The molecule has 0 bridgehead atoms. The Morgan fingerprint density at radius 3 is 2.44 bits per heavy atom. The van der Waals surface area contributed by atoms with E-state index in [0.29, 0.717) is 11.3 Å². The molecule has 162 valence electrons. The highest BCUT2D eigenvalue weighted by molar-refractivity contribution is 6.51. The van der Waals surface area contributed by atoms with Crippen LogP contribution in [0.5, 0.6) is 5.75 Å². The SMILES string of the molecule is COc1cccc(/C(O)=C2/C(=O)C(=O)N(c3cccc(F)c3)C2c2ccc(Cl)c(Cl)c2)c1. The lowest BCUT2D eigenvalue weighted by atomic mass is 9.95. The number of hydrogen-bond acceptors (Lipinski definition) is 4. The number of anilines is 1. The minimum Gasteiger partial charge on any atom is -0.507 e. The molecule has 0 radical (unpaired) electrons. The molecule has 32 heavy (non-hydrogen) atoms. The van der Waals surface area contributed by atoms with Crippen molar-refractivity contribution in [3.63, 3.8) is 0 Å². The first-order valence-corrected chi connectivity index (χ1v) is 10.2. The second kappa shape index (κ2) is 8.65. The Morgan fingerprint density at radius 2 is 1.75 bits per heavy atom. The number of benzene rings is 3. The third-order valence-corrected chi connectivity index (χ3v) is 5.87. The van der Waals surface area contributed by atoms with Crippen LogP contribution in [0.25, 0.3) is 5.76 Å². The number of hydrogen-bond donors (Lipinski definition) is 1. The number of Topliss-reactive ketones (excluding diaryl/α,β-unsaturated/α-hetero) is 1. The molecular weight excluding hydrogens is 456 g/mol. The smallest absolute Gasteiger partial charge is 0.300 e. The minimum atomic E-state index is -1.06. The first-order chi connectivity index (χ1) is 15.3. The molecule has 0 saturated carbocycles. The Morgan fingerprint density at radius 1 is 1.00 bits per heavy atom. The predicted octanol–water partition coefficient (Wildman–Crippen LogP) is 5.77. The molecule has 1 heterocycles. The number of carbonyl (C=O) groups excluding carboxylic acids is 2. The van der Waals surface area contributed by atoms with Gasteiger partial charge in [-0.15, -0.1) is 0 Å². The van der Waals surface area contributed by atoms with Crippen molar-refractivity contribution in [1.29, 1.82) is 0 Å². The molecule has 3 aromatic rings. The van der Waals surface area contributed by atoms with Crippen LogP contribution in [-0.2, 0) is 9.59 Å². The third kappa shape index (κ3) is 3.83. The van der Waals surface area contributed by atoms with E-state index >= 15 is 0 Å². The monoisotopic (exact) mass is 471 g/mol. The Balaban J connectivity index is 1.97. The van der Waals surface area contributed by atoms with Gasteiger partial charge in [-0.3, -0.25) is 14.5 Å². The molecule has 1 atom stereocenters. The van der Waals surface area contributed by atoms with Crippen molar-refractivity contribution in [2.45, 2.75) is 6.04 Å². The highest BCUT2D eigenvalue weighted by Crippen LogP contribution is 2.43. The number of methoxy groups -OCH3 is 1. The van der Waals surface area contributed by atoms with Crippen molar-refractivity contribution in [2.24, 2.45) is 0 Å². The Labute approximate surface area is 193 Å². The van der Waals surface area contributed by atoms with Gasteiger partial charge in [0.25, 0.3) is 11.7 Å². The maximum absolute atomic E-state index is 14.0. The second-order valence-electron chi connectivity index (χ2n) is 7.05. The number of rotatable bonds is 4. The van der Waals surface area contributed by atoms with Crippen molar-refractivity contribution >= 4 is 46.3 Å². The van der Waals surface area contributed by atoms with E-state index < -0.39 is 29.3 Å². The van der Waals surface area contributed by atoms with Gasteiger partial charge in [0, 0.05) is 11.3 Å². The standard InChI is InChI=1S/C24H16Cl2FNO4/c1-32-17-7-2-4-14(10-17)22(29)20-21(13-8-9-18(25)19(26)11-13)28(24(31)23(20)30)16-6-3-5-15(27)12-16/h2-12,21,29H,1H3/b22-20-. The van der Waals surface area contributed by atoms with Crippen LogP contribution >= 0.6 is 23.2 Å². The van der Waals surface area contributed by atoms with E-state index in [2.05, 4.69) is 0 Å². The zero-order chi connectivity index (χ0) is 23.0. The molecule has 0 aromatic heterocycles. The summed E-state index contributed by atoms with van der Waals surface area (Å²) in [6.45, 7) is 0.